The van der Waals surface area contributed by atoms with E-state index < -0.39 is 0 Å². The topological polar surface area (TPSA) is 41.6 Å². The molecule has 0 unspecified atom stereocenters. The van der Waals surface area contributed by atoms with Gasteiger partial charge in [0.15, 0.2) is 0 Å². The Labute approximate surface area is 170 Å². The number of piperidine rings is 1. The third kappa shape index (κ3) is 5.38. The van der Waals surface area contributed by atoms with E-state index in [2.05, 4.69) is 10.2 Å². The van der Waals surface area contributed by atoms with Gasteiger partial charge in [0.1, 0.15) is 5.75 Å². The van der Waals surface area contributed by atoms with Crippen molar-refractivity contribution in [3.8, 4) is 5.75 Å². The Kier molecular flexibility index (Phi) is 7.00. The number of carbonyl (C=O) groups is 1. The zero-order valence-electron chi connectivity index (χ0n) is 15.4. The van der Waals surface area contributed by atoms with Crippen molar-refractivity contribution < 1.29 is 9.53 Å². The number of nitrogens with one attached hydrogen (secondary N) is 1. The minimum atomic E-state index is 0.0600. The monoisotopic (exact) mass is 406 g/mol. The molecule has 2 aromatic rings. The lowest BCUT2D eigenvalue weighted by Gasteiger charge is -2.31. The van der Waals surface area contributed by atoms with Crippen LogP contribution in [-0.2, 0) is 17.9 Å². The largest absolute Gasteiger partial charge is 0.496 e. The number of hydrogen-bond donors (Lipinski definition) is 1. The summed E-state index contributed by atoms with van der Waals surface area (Å²) in [5.74, 6) is 0.981. The highest BCUT2D eigenvalue weighted by atomic mass is 35.5. The lowest BCUT2D eigenvalue weighted by molar-refractivity contribution is -0.126. The molecule has 1 N–H and O–H groups in total. The zero-order chi connectivity index (χ0) is 19.2. The first-order chi connectivity index (χ1) is 13.1. The maximum Gasteiger partial charge on any atom is 0.223 e. The average molecular weight is 407 g/mol. The lowest BCUT2D eigenvalue weighted by atomic mass is 9.95. The van der Waals surface area contributed by atoms with Gasteiger partial charge in [0, 0.05) is 24.6 Å². The Morgan fingerprint density at radius 1 is 1.15 bits per heavy atom. The molecule has 0 bridgehead atoms. The van der Waals surface area contributed by atoms with Crippen LogP contribution in [0.2, 0.25) is 10.0 Å². The number of hydrogen-bond acceptors (Lipinski definition) is 3. The van der Waals surface area contributed by atoms with E-state index in [9.17, 15) is 4.79 Å². The number of likely N-dealkylation sites (tertiary alicyclic amines) is 1. The van der Waals surface area contributed by atoms with E-state index >= 15 is 0 Å². The minimum Gasteiger partial charge on any atom is -0.496 e. The summed E-state index contributed by atoms with van der Waals surface area (Å²) in [6, 6.07) is 13.5. The lowest BCUT2D eigenvalue weighted by Crippen LogP contribution is -2.40. The first-order valence-electron chi connectivity index (χ1n) is 9.12. The first kappa shape index (κ1) is 20.0. The molecule has 0 atom stereocenters. The molecule has 1 saturated heterocycles. The molecule has 1 fully saturated rings. The van der Waals surface area contributed by atoms with Gasteiger partial charge in [-0.25, -0.2) is 0 Å². The minimum absolute atomic E-state index is 0.0600. The Bertz CT molecular complexity index is 790. The van der Waals surface area contributed by atoms with Gasteiger partial charge in [-0.2, -0.15) is 0 Å². The van der Waals surface area contributed by atoms with Gasteiger partial charge in [0.25, 0.3) is 0 Å². The first-order valence-corrected chi connectivity index (χ1v) is 9.88. The van der Waals surface area contributed by atoms with Gasteiger partial charge in [-0.1, -0.05) is 47.5 Å². The molecular weight excluding hydrogens is 383 g/mol. The van der Waals surface area contributed by atoms with E-state index in [1.54, 1.807) is 7.11 Å². The maximum absolute atomic E-state index is 12.5. The quantitative estimate of drug-likeness (QED) is 0.765. The van der Waals surface area contributed by atoms with Crippen molar-refractivity contribution in [2.75, 3.05) is 20.2 Å². The number of methoxy groups -OCH3 is 1. The highest BCUT2D eigenvalue weighted by Crippen LogP contribution is 2.25. The van der Waals surface area contributed by atoms with E-state index in [-0.39, 0.29) is 11.8 Å². The molecule has 3 rings (SSSR count). The molecule has 1 aliphatic rings. The van der Waals surface area contributed by atoms with E-state index in [0.717, 1.165) is 49.4 Å². The fourth-order valence-corrected chi connectivity index (χ4v) is 3.75. The summed E-state index contributed by atoms with van der Waals surface area (Å²) in [5, 5.41) is 4.21. The number of para-hydroxylation sites is 1. The van der Waals surface area contributed by atoms with Crippen LogP contribution in [0.1, 0.15) is 24.0 Å². The number of ether oxygens (including phenoxy) is 1. The highest BCUT2D eigenvalue weighted by molar-refractivity contribution is 6.42. The number of rotatable bonds is 6. The van der Waals surface area contributed by atoms with Crippen LogP contribution in [-0.4, -0.2) is 31.0 Å². The van der Waals surface area contributed by atoms with Gasteiger partial charge in [-0.05, 0) is 49.7 Å². The van der Waals surface area contributed by atoms with Crippen molar-refractivity contribution in [2.45, 2.75) is 25.9 Å². The van der Waals surface area contributed by atoms with Crippen molar-refractivity contribution >= 4 is 29.1 Å². The van der Waals surface area contributed by atoms with Crippen molar-refractivity contribution in [3.05, 3.63) is 63.6 Å². The molecule has 0 aromatic heterocycles. The Balaban J connectivity index is 1.47. The molecule has 1 amide bonds. The summed E-state index contributed by atoms with van der Waals surface area (Å²) in [4.78, 5) is 14.9. The fraction of sp³-hybridized carbons (Fsp3) is 0.381. The number of carbonyl (C=O) groups excluding carboxylic acids is 1. The van der Waals surface area contributed by atoms with Gasteiger partial charge in [0.2, 0.25) is 5.91 Å². The van der Waals surface area contributed by atoms with Crippen molar-refractivity contribution in [1.82, 2.24) is 10.2 Å². The summed E-state index contributed by atoms with van der Waals surface area (Å²) < 4.78 is 5.33. The van der Waals surface area contributed by atoms with Crippen LogP contribution in [0, 0.1) is 5.92 Å². The standard InChI is InChI=1S/C21H24Cl2N2O2/c1-27-20-5-3-2-4-17(20)13-24-21(26)16-8-10-25(11-9-16)14-15-6-7-18(22)19(23)12-15/h2-7,12,16H,8-11,13-14H2,1H3,(H,24,26). The predicted molar refractivity (Wildman–Crippen MR) is 109 cm³/mol. The van der Waals surface area contributed by atoms with Gasteiger partial charge < -0.3 is 10.1 Å². The van der Waals surface area contributed by atoms with Gasteiger partial charge in [-0.3, -0.25) is 9.69 Å². The van der Waals surface area contributed by atoms with Crippen LogP contribution < -0.4 is 10.1 Å². The number of nitrogens with zero attached hydrogens (tertiary/aromatic N) is 1. The summed E-state index contributed by atoms with van der Waals surface area (Å²) in [7, 11) is 1.64. The summed E-state index contributed by atoms with van der Waals surface area (Å²) in [5.41, 5.74) is 2.13. The number of halogens is 2. The molecule has 1 aliphatic heterocycles. The molecule has 2 aromatic carbocycles. The van der Waals surface area contributed by atoms with Crippen LogP contribution in [0.3, 0.4) is 0 Å². The number of benzene rings is 2. The third-order valence-electron chi connectivity index (χ3n) is 4.99. The Morgan fingerprint density at radius 2 is 1.89 bits per heavy atom. The Hall–Kier alpha value is -1.75. The second kappa shape index (κ2) is 9.45. The molecule has 0 radical (unpaired) electrons. The fourth-order valence-electron chi connectivity index (χ4n) is 3.43. The molecule has 0 aliphatic carbocycles. The van der Waals surface area contributed by atoms with E-state index in [0.29, 0.717) is 16.6 Å². The molecule has 6 heteroatoms. The normalized spacial score (nSPS) is 15.5. The number of amides is 1. The summed E-state index contributed by atoms with van der Waals surface area (Å²) >= 11 is 12.1. The zero-order valence-corrected chi connectivity index (χ0v) is 16.9. The molecule has 0 saturated carbocycles. The average Bonchev–Trinajstić information content (AvgIpc) is 2.69. The van der Waals surface area contributed by atoms with Crippen molar-refractivity contribution in [2.24, 2.45) is 5.92 Å². The van der Waals surface area contributed by atoms with Crippen molar-refractivity contribution in [1.29, 1.82) is 0 Å². The van der Waals surface area contributed by atoms with E-state index in [1.165, 1.54) is 0 Å². The Morgan fingerprint density at radius 3 is 2.59 bits per heavy atom. The summed E-state index contributed by atoms with van der Waals surface area (Å²) in [6.45, 7) is 3.11. The van der Waals surface area contributed by atoms with Gasteiger partial charge in [0.05, 0.1) is 17.2 Å². The second-order valence-corrected chi connectivity index (χ2v) is 7.64. The molecule has 144 valence electrons. The van der Waals surface area contributed by atoms with Crippen LogP contribution in [0.4, 0.5) is 0 Å². The van der Waals surface area contributed by atoms with Gasteiger partial charge >= 0.3 is 0 Å². The molecule has 27 heavy (non-hydrogen) atoms. The smallest absolute Gasteiger partial charge is 0.223 e. The van der Waals surface area contributed by atoms with Crippen LogP contribution >= 0.6 is 23.2 Å². The van der Waals surface area contributed by atoms with Gasteiger partial charge in [-0.15, -0.1) is 0 Å². The second-order valence-electron chi connectivity index (χ2n) is 6.83. The molecule has 0 spiro atoms. The maximum atomic E-state index is 12.5. The van der Waals surface area contributed by atoms with Crippen molar-refractivity contribution in [3.63, 3.8) is 0 Å². The van der Waals surface area contributed by atoms with Crippen LogP contribution in [0.25, 0.3) is 0 Å². The molecular formula is C21H24Cl2N2O2. The molecule has 4 nitrogen and oxygen atoms in total. The molecule has 1 heterocycles. The SMILES string of the molecule is COc1ccccc1CNC(=O)C1CCN(Cc2ccc(Cl)c(Cl)c2)CC1. The third-order valence-corrected chi connectivity index (χ3v) is 5.73. The predicted octanol–water partition coefficient (Wildman–Crippen LogP) is 4.53. The summed E-state index contributed by atoms with van der Waals surface area (Å²) in [6.07, 6.45) is 1.72. The van der Waals surface area contributed by atoms with Crippen LogP contribution in [0.15, 0.2) is 42.5 Å². The van der Waals surface area contributed by atoms with Crippen LogP contribution in [0.5, 0.6) is 5.75 Å². The van der Waals surface area contributed by atoms with E-state index in [1.807, 2.05) is 42.5 Å². The highest BCUT2D eigenvalue weighted by Gasteiger charge is 2.25. The van der Waals surface area contributed by atoms with E-state index in [4.69, 9.17) is 27.9 Å².